The number of nitrogens with two attached hydrogens (primary N) is 1. The van der Waals surface area contributed by atoms with E-state index in [0.717, 1.165) is 73.8 Å². The molecule has 0 radical (unpaired) electrons. The third kappa shape index (κ3) is 12.5. The van der Waals surface area contributed by atoms with Gasteiger partial charge in [0, 0.05) is 24.2 Å². The number of hydrogen-bond acceptors (Lipinski definition) is 8. The number of aliphatic imine (C=N–C) groups is 1. The predicted molar refractivity (Wildman–Crippen MR) is 201 cm³/mol. The Hall–Kier alpha value is -3.88. The molecule has 5 N–H and O–H groups in total. The van der Waals surface area contributed by atoms with Crippen LogP contribution >= 0.6 is 23.1 Å². The van der Waals surface area contributed by atoms with Crippen molar-refractivity contribution in [2.24, 2.45) is 10.7 Å². The van der Waals surface area contributed by atoms with Crippen LogP contribution in [-0.4, -0.2) is 55.9 Å². The molecule has 0 aliphatic carbocycles. The zero-order valence-corrected chi connectivity index (χ0v) is 31.8. The maximum Gasteiger partial charge on any atom is 0.436 e. The minimum Gasteiger partial charge on any atom is -0.465 e. The number of thiophene rings is 1. The second-order valence-corrected chi connectivity index (χ2v) is 16.9. The zero-order chi connectivity index (χ0) is 36.9. The van der Waals surface area contributed by atoms with Gasteiger partial charge in [-0.05, 0) is 82.2 Å². The smallest absolute Gasteiger partial charge is 0.436 e. The van der Waals surface area contributed by atoms with Crippen LogP contribution in [0.4, 0.5) is 15.3 Å². The fourth-order valence-corrected chi connectivity index (χ4v) is 9.17. The Morgan fingerprint density at radius 2 is 1.60 bits per heavy atom. The number of nitrogens with zero attached hydrogens (tertiary/aromatic N) is 1. The van der Waals surface area contributed by atoms with Gasteiger partial charge in [-0.1, -0.05) is 62.8 Å². The monoisotopic (exact) mass is 744 g/mol. The Bertz CT molecular complexity index is 1780. The van der Waals surface area contributed by atoms with Crippen LogP contribution in [0.2, 0.25) is 0 Å². The number of nitrogens with one attached hydrogen (secondary N) is 2. The number of amidine groups is 1. The number of ether oxygens (including phenoxy) is 1. The van der Waals surface area contributed by atoms with Crippen LogP contribution in [0.5, 0.6) is 0 Å². The molecule has 2 aromatic carbocycles. The number of unbranched alkanes of at least 4 members (excludes halogenated alkanes) is 7. The second kappa shape index (κ2) is 18.9. The van der Waals surface area contributed by atoms with E-state index in [2.05, 4.69) is 15.6 Å². The number of amides is 3. The molecule has 0 bridgehead atoms. The number of hydrogen-bond donors (Lipinski definition) is 4. The number of rotatable bonds is 17. The lowest BCUT2D eigenvalue weighted by molar-refractivity contribution is -0.116. The van der Waals surface area contributed by atoms with Crippen molar-refractivity contribution < 1.29 is 32.6 Å². The number of carbonyl (C=O) groups is 3. The van der Waals surface area contributed by atoms with E-state index in [0.29, 0.717) is 33.3 Å². The summed E-state index contributed by atoms with van der Waals surface area (Å²) < 4.78 is 33.7. The molecule has 11 nitrogen and oxygen atoms in total. The average Bonchev–Trinajstić information content (AvgIpc) is 3.49. The van der Waals surface area contributed by atoms with Crippen molar-refractivity contribution in [1.82, 2.24) is 5.32 Å². The maximum absolute atomic E-state index is 14.0. The van der Waals surface area contributed by atoms with Crippen molar-refractivity contribution in [2.45, 2.75) is 105 Å². The molecule has 0 saturated heterocycles. The normalized spacial score (nSPS) is 12.1. The molecule has 14 heteroatoms. The topological polar surface area (TPSA) is 177 Å². The van der Waals surface area contributed by atoms with E-state index in [4.69, 9.17) is 15.6 Å². The molecule has 0 unspecified atom stereocenters. The second-order valence-electron chi connectivity index (χ2n) is 12.8. The molecule has 3 amide bonds. The number of aryl methyl sites for hydroxylation is 1. The van der Waals surface area contributed by atoms with Crippen LogP contribution in [0.1, 0.15) is 89.0 Å². The fraction of sp³-hybridized carbons (Fsp3) is 0.444. The average molecular weight is 745 g/mol. The van der Waals surface area contributed by atoms with Crippen LogP contribution in [0.3, 0.4) is 0 Å². The summed E-state index contributed by atoms with van der Waals surface area (Å²) in [7, 11) is -4.01. The van der Waals surface area contributed by atoms with E-state index in [1.807, 2.05) is 31.2 Å². The third-order valence-electron chi connectivity index (χ3n) is 7.59. The number of thioether (sulfide) groups is 1. The maximum atomic E-state index is 14.0. The molecule has 3 rings (SSSR count). The molecule has 0 spiro atoms. The number of carbonyl (C=O) groups excluding carboxylic acids is 2. The van der Waals surface area contributed by atoms with Gasteiger partial charge in [-0.3, -0.25) is 4.79 Å². The predicted octanol–water partition coefficient (Wildman–Crippen LogP) is 8.64. The molecular formula is C36H48N4O7S3. The lowest BCUT2D eigenvalue weighted by Crippen LogP contribution is -2.24. The summed E-state index contributed by atoms with van der Waals surface area (Å²) in [5.74, 6) is -0.234. The van der Waals surface area contributed by atoms with Crippen molar-refractivity contribution >= 4 is 62.6 Å². The lowest BCUT2D eigenvalue weighted by atomic mass is 9.98. The van der Waals surface area contributed by atoms with Gasteiger partial charge in [0.1, 0.15) is 11.4 Å². The van der Waals surface area contributed by atoms with Crippen LogP contribution < -0.4 is 16.4 Å². The highest BCUT2D eigenvalue weighted by Gasteiger charge is 2.26. The first kappa shape index (κ1) is 40.5. The summed E-state index contributed by atoms with van der Waals surface area (Å²) in [4.78, 5) is 39.9. The Morgan fingerprint density at radius 1 is 0.960 bits per heavy atom. The molecule has 1 heterocycles. The molecular weight excluding hydrogens is 697 g/mol. The lowest BCUT2D eigenvalue weighted by Gasteiger charge is -2.17. The summed E-state index contributed by atoms with van der Waals surface area (Å²) in [6.45, 7) is 7.53. The number of carboxylic acid groups (broad SMARTS) is 1. The highest BCUT2D eigenvalue weighted by molar-refractivity contribution is 8.01. The van der Waals surface area contributed by atoms with Crippen LogP contribution in [0.25, 0.3) is 11.1 Å². The Labute approximate surface area is 303 Å². The number of benzene rings is 2. The highest BCUT2D eigenvalue weighted by atomic mass is 32.2. The molecule has 0 aliphatic heterocycles. The summed E-state index contributed by atoms with van der Waals surface area (Å²) in [5.41, 5.74) is 8.21. The quantitative estimate of drug-likeness (QED) is 0.0456. The molecule has 3 aromatic rings. The van der Waals surface area contributed by atoms with Crippen molar-refractivity contribution in [3.05, 3.63) is 59.0 Å². The van der Waals surface area contributed by atoms with Crippen LogP contribution in [-0.2, 0) is 19.4 Å². The van der Waals surface area contributed by atoms with Gasteiger partial charge in [0.15, 0.2) is 0 Å². The number of sulfone groups is 1. The van der Waals surface area contributed by atoms with E-state index in [1.165, 1.54) is 23.9 Å². The van der Waals surface area contributed by atoms with Gasteiger partial charge in [0.05, 0.1) is 18.9 Å². The molecule has 0 saturated carbocycles. The zero-order valence-electron chi connectivity index (χ0n) is 29.3. The molecule has 0 atom stereocenters. The largest absolute Gasteiger partial charge is 0.465 e. The highest BCUT2D eigenvalue weighted by Crippen LogP contribution is 2.39. The Kier molecular flexibility index (Phi) is 15.3. The fourth-order valence-electron chi connectivity index (χ4n) is 5.23. The third-order valence-corrected chi connectivity index (χ3v) is 11.9. The van der Waals surface area contributed by atoms with Gasteiger partial charge in [0.25, 0.3) is 0 Å². The van der Waals surface area contributed by atoms with Gasteiger partial charge in [-0.25, -0.2) is 18.0 Å². The van der Waals surface area contributed by atoms with E-state index in [-0.39, 0.29) is 21.5 Å². The molecule has 0 fully saturated rings. The SMILES string of the molecule is CSc1sc(/C(N)=N\C(=O)OC(C)(C)C)cc1S(=O)(=O)c1cccc(-c2c(C)cccc2NC(=O)CCCCCCCCCCNC(=O)O)c1. The molecule has 50 heavy (non-hydrogen) atoms. The molecule has 272 valence electrons. The van der Waals surface area contributed by atoms with Crippen LogP contribution in [0, 0.1) is 6.92 Å². The standard InChI is InChI=1S/C36H48N4O7S3/c1-24-16-14-19-27(39-30(41)20-12-10-8-6-7-9-11-13-21-38-34(42)43)31(24)25-17-15-18-26(22-25)50(45,46)29-23-28(49-33(29)48-5)32(37)40-35(44)47-36(2,3)4/h14-19,22-23,38H,6-13,20-21H2,1-5H3,(H,39,41)(H,42,43)(H2,37,40,44). The van der Waals surface area contributed by atoms with E-state index >= 15 is 0 Å². The van der Waals surface area contributed by atoms with E-state index in [9.17, 15) is 22.8 Å². The van der Waals surface area contributed by atoms with Gasteiger partial charge >= 0.3 is 12.2 Å². The summed E-state index contributed by atoms with van der Waals surface area (Å²) in [6.07, 6.45) is 8.08. The van der Waals surface area contributed by atoms with Crippen molar-refractivity contribution in [3.8, 4) is 11.1 Å². The summed E-state index contributed by atoms with van der Waals surface area (Å²) in [5, 5.41) is 14.0. The van der Waals surface area contributed by atoms with E-state index < -0.39 is 27.6 Å². The van der Waals surface area contributed by atoms with E-state index in [1.54, 1.807) is 39.2 Å². The Balaban J connectivity index is 1.69. The van der Waals surface area contributed by atoms with Crippen molar-refractivity contribution in [3.63, 3.8) is 0 Å². The van der Waals surface area contributed by atoms with Crippen molar-refractivity contribution in [2.75, 3.05) is 18.1 Å². The van der Waals surface area contributed by atoms with Gasteiger partial charge in [-0.2, -0.15) is 4.99 Å². The first-order valence-corrected chi connectivity index (χ1v) is 20.1. The van der Waals surface area contributed by atoms with Gasteiger partial charge < -0.3 is 26.2 Å². The van der Waals surface area contributed by atoms with Crippen LogP contribution in [0.15, 0.2) is 67.5 Å². The first-order valence-electron chi connectivity index (χ1n) is 16.6. The minimum absolute atomic E-state index is 0.0656. The summed E-state index contributed by atoms with van der Waals surface area (Å²) >= 11 is 2.39. The van der Waals surface area contributed by atoms with Gasteiger partial charge in [-0.15, -0.1) is 23.1 Å². The first-order chi connectivity index (χ1) is 23.6. The minimum atomic E-state index is -4.01. The molecule has 1 aromatic heterocycles. The Morgan fingerprint density at radius 3 is 2.24 bits per heavy atom. The molecule has 0 aliphatic rings. The van der Waals surface area contributed by atoms with Crippen molar-refractivity contribution in [1.29, 1.82) is 0 Å². The summed E-state index contributed by atoms with van der Waals surface area (Å²) in [6, 6.07) is 13.7. The number of anilines is 1. The van der Waals surface area contributed by atoms with Gasteiger partial charge in [0.2, 0.25) is 15.7 Å².